The molecule has 1 heterocycles. The summed E-state index contributed by atoms with van der Waals surface area (Å²) in [7, 11) is 1.87. The van der Waals surface area contributed by atoms with E-state index < -0.39 is 0 Å². The van der Waals surface area contributed by atoms with E-state index >= 15 is 0 Å². The van der Waals surface area contributed by atoms with Gasteiger partial charge in [0, 0.05) is 19.6 Å². The molecule has 0 saturated carbocycles. The minimum Gasteiger partial charge on any atom is -0.371 e. The molecule has 1 aromatic rings. The Labute approximate surface area is 115 Å². The van der Waals surface area contributed by atoms with Gasteiger partial charge in [-0.05, 0) is 47.4 Å². The lowest BCUT2D eigenvalue weighted by molar-refractivity contribution is 0.580. The van der Waals surface area contributed by atoms with Gasteiger partial charge in [0.1, 0.15) is 6.07 Å². The van der Waals surface area contributed by atoms with E-state index in [-0.39, 0.29) is 10.3 Å². The van der Waals surface area contributed by atoms with Crippen LogP contribution in [-0.4, -0.2) is 26.2 Å². The van der Waals surface area contributed by atoms with Crippen molar-refractivity contribution in [2.45, 2.75) is 18.9 Å². The molecule has 0 radical (unpaired) electrons. The molecule has 96 valence electrons. The number of nitrogens with zero attached hydrogens (tertiary/aromatic N) is 2. The lowest BCUT2D eigenvalue weighted by Crippen LogP contribution is -2.35. The Morgan fingerprint density at radius 2 is 2.39 bits per heavy atom. The summed E-state index contributed by atoms with van der Waals surface area (Å²) in [6.45, 7) is 1.81. The summed E-state index contributed by atoms with van der Waals surface area (Å²) in [5.41, 5.74) is 0.846. The lowest BCUT2D eigenvalue weighted by atomic mass is 10.1. The van der Waals surface area contributed by atoms with Crippen molar-refractivity contribution in [2.75, 3.05) is 25.0 Å². The SMILES string of the molecule is CN(CC1CCCN1)c1ccc(C#N)c(Br)c1F. The summed E-state index contributed by atoms with van der Waals surface area (Å²) >= 11 is 3.13. The molecule has 1 fully saturated rings. The van der Waals surface area contributed by atoms with Gasteiger partial charge in [0.15, 0.2) is 5.82 Å². The fraction of sp³-hybridized carbons (Fsp3) is 0.462. The number of anilines is 1. The van der Waals surface area contributed by atoms with Gasteiger partial charge in [-0.1, -0.05) is 0 Å². The first kappa shape index (κ1) is 13.3. The summed E-state index contributed by atoms with van der Waals surface area (Å²) in [6, 6.07) is 5.68. The van der Waals surface area contributed by atoms with E-state index in [1.54, 1.807) is 12.1 Å². The average Bonchev–Trinajstić information content (AvgIpc) is 2.85. The molecular weight excluding hydrogens is 297 g/mol. The molecule has 18 heavy (non-hydrogen) atoms. The number of halogens is 2. The Morgan fingerprint density at radius 1 is 1.61 bits per heavy atom. The first-order valence-electron chi connectivity index (χ1n) is 5.96. The van der Waals surface area contributed by atoms with Crippen molar-refractivity contribution < 1.29 is 4.39 Å². The van der Waals surface area contributed by atoms with Crippen molar-refractivity contribution in [1.29, 1.82) is 5.26 Å². The smallest absolute Gasteiger partial charge is 0.161 e. The number of nitrogens with one attached hydrogen (secondary N) is 1. The zero-order chi connectivity index (χ0) is 13.1. The van der Waals surface area contributed by atoms with Crippen LogP contribution in [0.4, 0.5) is 10.1 Å². The van der Waals surface area contributed by atoms with E-state index in [0.29, 0.717) is 17.3 Å². The van der Waals surface area contributed by atoms with Gasteiger partial charge in [-0.2, -0.15) is 5.26 Å². The average molecular weight is 312 g/mol. The minimum atomic E-state index is -0.366. The number of hydrogen-bond acceptors (Lipinski definition) is 3. The van der Waals surface area contributed by atoms with Gasteiger partial charge in [-0.25, -0.2) is 4.39 Å². The van der Waals surface area contributed by atoms with Crippen LogP contribution in [0.15, 0.2) is 16.6 Å². The van der Waals surface area contributed by atoms with Crippen LogP contribution in [0.25, 0.3) is 0 Å². The second kappa shape index (κ2) is 5.68. The van der Waals surface area contributed by atoms with E-state index in [1.807, 2.05) is 18.0 Å². The van der Waals surface area contributed by atoms with Crippen LogP contribution in [0.1, 0.15) is 18.4 Å². The monoisotopic (exact) mass is 311 g/mol. The quantitative estimate of drug-likeness (QED) is 0.932. The molecule has 1 aliphatic rings. The lowest BCUT2D eigenvalue weighted by Gasteiger charge is -2.24. The van der Waals surface area contributed by atoms with Crippen LogP contribution >= 0.6 is 15.9 Å². The second-order valence-corrected chi connectivity index (χ2v) is 5.34. The molecule has 0 spiro atoms. The molecule has 0 aliphatic carbocycles. The maximum atomic E-state index is 14.1. The molecule has 0 amide bonds. The van der Waals surface area contributed by atoms with Gasteiger partial charge in [-0.3, -0.25) is 0 Å². The fourth-order valence-electron chi connectivity index (χ4n) is 2.26. The highest BCUT2D eigenvalue weighted by Crippen LogP contribution is 2.28. The van der Waals surface area contributed by atoms with Crippen LogP contribution in [-0.2, 0) is 0 Å². The van der Waals surface area contributed by atoms with Crippen molar-refractivity contribution >= 4 is 21.6 Å². The molecule has 1 saturated heterocycles. The van der Waals surface area contributed by atoms with Crippen molar-refractivity contribution in [3.05, 3.63) is 28.0 Å². The highest BCUT2D eigenvalue weighted by Gasteiger charge is 2.19. The van der Waals surface area contributed by atoms with Crippen molar-refractivity contribution in [2.24, 2.45) is 0 Å². The maximum Gasteiger partial charge on any atom is 0.161 e. The third-order valence-corrected chi connectivity index (χ3v) is 4.03. The predicted octanol–water partition coefficient (Wildman–Crippen LogP) is 2.65. The Hall–Kier alpha value is -1.12. The van der Waals surface area contributed by atoms with Crippen LogP contribution in [0, 0.1) is 17.1 Å². The Kier molecular flexibility index (Phi) is 4.20. The summed E-state index contributed by atoms with van der Waals surface area (Å²) in [5.74, 6) is -0.366. The van der Waals surface area contributed by atoms with Crippen molar-refractivity contribution in [3.8, 4) is 6.07 Å². The third-order valence-electron chi connectivity index (χ3n) is 3.25. The summed E-state index contributed by atoms with van der Waals surface area (Å²) in [5, 5.41) is 12.2. The first-order chi connectivity index (χ1) is 8.63. The van der Waals surface area contributed by atoms with Crippen LogP contribution in [0.2, 0.25) is 0 Å². The predicted molar refractivity (Wildman–Crippen MR) is 73.1 cm³/mol. The molecule has 1 aromatic carbocycles. The zero-order valence-corrected chi connectivity index (χ0v) is 11.8. The molecule has 0 aromatic heterocycles. The molecule has 1 atom stereocenters. The molecule has 0 bridgehead atoms. The minimum absolute atomic E-state index is 0.244. The van der Waals surface area contributed by atoms with E-state index in [0.717, 1.165) is 19.5 Å². The second-order valence-electron chi connectivity index (χ2n) is 4.55. The maximum absolute atomic E-state index is 14.1. The molecule has 3 nitrogen and oxygen atoms in total. The van der Waals surface area contributed by atoms with Crippen molar-refractivity contribution in [1.82, 2.24) is 5.32 Å². The molecule has 1 unspecified atom stereocenters. The van der Waals surface area contributed by atoms with E-state index in [4.69, 9.17) is 5.26 Å². The number of nitriles is 1. The topological polar surface area (TPSA) is 39.1 Å². The largest absolute Gasteiger partial charge is 0.371 e. The Balaban J connectivity index is 2.17. The number of rotatable bonds is 3. The molecular formula is C13H15BrFN3. The Bertz CT molecular complexity index is 478. The van der Waals surface area contributed by atoms with Gasteiger partial charge in [0.2, 0.25) is 0 Å². The van der Waals surface area contributed by atoms with Gasteiger partial charge < -0.3 is 10.2 Å². The summed E-state index contributed by atoms with van der Waals surface area (Å²) in [6.07, 6.45) is 2.31. The highest BCUT2D eigenvalue weighted by molar-refractivity contribution is 9.10. The molecule has 1 aliphatic heterocycles. The summed E-state index contributed by atoms with van der Waals surface area (Å²) in [4.78, 5) is 1.89. The number of likely N-dealkylation sites (N-methyl/N-ethyl adjacent to an activating group) is 1. The standard InChI is InChI=1S/C13H15BrFN3/c1-18(8-10-3-2-6-17-10)11-5-4-9(7-16)12(14)13(11)15/h4-5,10,17H,2-3,6,8H2,1H3. The Morgan fingerprint density at radius 3 is 3.00 bits per heavy atom. The van der Waals surface area contributed by atoms with Gasteiger partial charge in [0.05, 0.1) is 15.7 Å². The fourth-order valence-corrected chi connectivity index (χ4v) is 2.69. The van der Waals surface area contributed by atoms with Gasteiger partial charge >= 0.3 is 0 Å². The highest BCUT2D eigenvalue weighted by atomic mass is 79.9. The molecule has 2 rings (SSSR count). The normalized spacial score (nSPS) is 18.7. The summed E-state index contributed by atoms with van der Waals surface area (Å²) < 4.78 is 14.4. The molecule has 5 heteroatoms. The van der Waals surface area contributed by atoms with E-state index in [1.165, 1.54) is 6.42 Å². The van der Waals surface area contributed by atoms with Crippen LogP contribution in [0.5, 0.6) is 0 Å². The van der Waals surface area contributed by atoms with Crippen LogP contribution in [0.3, 0.4) is 0 Å². The van der Waals surface area contributed by atoms with Gasteiger partial charge in [0.25, 0.3) is 0 Å². The van der Waals surface area contributed by atoms with Crippen molar-refractivity contribution in [3.63, 3.8) is 0 Å². The number of benzene rings is 1. The van der Waals surface area contributed by atoms with Crippen LogP contribution < -0.4 is 10.2 Å². The molecule has 1 N–H and O–H groups in total. The van der Waals surface area contributed by atoms with Gasteiger partial charge in [-0.15, -0.1) is 0 Å². The van der Waals surface area contributed by atoms with E-state index in [9.17, 15) is 4.39 Å². The zero-order valence-electron chi connectivity index (χ0n) is 10.2. The number of hydrogen-bond donors (Lipinski definition) is 1. The first-order valence-corrected chi connectivity index (χ1v) is 6.75. The third kappa shape index (κ3) is 2.65. The van der Waals surface area contributed by atoms with E-state index in [2.05, 4.69) is 21.2 Å².